The van der Waals surface area contributed by atoms with Crippen LogP contribution in [0.1, 0.15) is 48.0 Å². The van der Waals surface area contributed by atoms with E-state index in [0.717, 1.165) is 0 Å². The predicted molar refractivity (Wildman–Crippen MR) is 73.8 cm³/mol. The molecule has 0 aliphatic heterocycles. The molecule has 0 spiro atoms. The highest BCUT2D eigenvalue weighted by molar-refractivity contribution is 5.81. The molecule has 0 radical (unpaired) electrons. The van der Waals surface area contributed by atoms with E-state index in [1.54, 1.807) is 6.92 Å². The van der Waals surface area contributed by atoms with Gasteiger partial charge in [0.2, 0.25) is 0 Å². The van der Waals surface area contributed by atoms with E-state index in [9.17, 15) is 9.59 Å². The van der Waals surface area contributed by atoms with Crippen molar-refractivity contribution in [3.05, 3.63) is 0 Å². The molecule has 1 unspecified atom stereocenters. The fourth-order valence-electron chi connectivity index (χ4n) is 1.40. The highest BCUT2D eigenvalue weighted by Gasteiger charge is 2.26. The second-order valence-corrected chi connectivity index (χ2v) is 5.43. The third-order valence-electron chi connectivity index (χ3n) is 2.80. The molecule has 0 fully saturated rings. The van der Waals surface area contributed by atoms with Crippen LogP contribution in [0, 0.1) is 11.8 Å². The summed E-state index contributed by atoms with van der Waals surface area (Å²) in [5.41, 5.74) is 0. The first-order valence-electron chi connectivity index (χ1n) is 6.91. The molecule has 2 atom stereocenters. The fourth-order valence-corrected chi connectivity index (χ4v) is 1.40. The highest BCUT2D eigenvalue weighted by Crippen LogP contribution is 2.11. The van der Waals surface area contributed by atoms with Crippen molar-refractivity contribution < 1.29 is 19.1 Å². The molecular weight excluding hydrogens is 246 g/mol. The summed E-state index contributed by atoms with van der Waals surface area (Å²) >= 11 is 0. The van der Waals surface area contributed by atoms with E-state index in [-0.39, 0.29) is 24.5 Å². The Hall–Kier alpha value is -1.26. The summed E-state index contributed by atoms with van der Waals surface area (Å²) in [6, 6.07) is -0.653. The molecular formula is C14H27NO4. The fraction of sp³-hybridized carbons (Fsp3) is 0.857. The van der Waals surface area contributed by atoms with Crippen molar-refractivity contribution in [1.82, 2.24) is 5.32 Å². The van der Waals surface area contributed by atoms with Crippen molar-refractivity contribution in [2.24, 2.45) is 11.8 Å². The van der Waals surface area contributed by atoms with Crippen molar-refractivity contribution in [2.75, 3.05) is 6.61 Å². The minimum absolute atomic E-state index is 0.175. The first-order valence-corrected chi connectivity index (χ1v) is 6.91. The molecule has 0 bridgehead atoms. The van der Waals surface area contributed by atoms with E-state index < -0.39 is 18.1 Å². The first-order chi connectivity index (χ1) is 8.77. The number of carbonyl (C=O) groups is 2. The van der Waals surface area contributed by atoms with E-state index in [1.807, 2.05) is 34.6 Å². The molecule has 0 aromatic rings. The van der Waals surface area contributed by atoms with Crippen LogP contribution in [0.3, 0.4) is 0 Å². The van der Waals surface area contributed by atoms with E-state index in [2.05, 4.69) is 5.32 Å². The SMILES string of the molecule is CCOC(=O)NC(CC(C)C)C(=O)O[C@@H](C)C(C)C. The molecule has 0 aliphatic carbocycles. The molecule has 0 aromatic heterocycles. The van der Waals surface area contributed by atoms with E-state index in [4.69, 9.17) is 9.47 Å². The van der Waals surface area contributed by atoms with Crippen LogP contribution in [-0.2, 0) is 14.3 Å². The van der Waals surface area contributed by atoms with Gasteiger partial charge in [-0.3, -0.25) is 0 Å². The zero-order chi connectivity index (χ0) is 15.0. The Bertz CT molecular complexity index is 289. The molecule has 0 saturated carbocycles. The summed E-state index contributed by atoms with van der Waals surface area (Å²) in [5, 5.41) is 2.56. The highest BCUT2D eigenvalue weighted by atomic mass is 16.6. The number of esters is 1. The number of hydrogen-bond acceptors (Lipinski definition) is 4. The Morgan fingerprint density at radius 2 is 1.68 bits per heavy atom. The number of amides is 1. The number of carbonyl (C=O) groups excluding carboxylic acids is 2. The average molecular weight is 273 g/mol. The van der Waals surface area contributed by atoms with Crippen LogP contribution in [0.2, 0.25) is 0 Å². The van der Waals surface area contributed by atoms with E-state index in [1.165, 1.54) is 0 Å². The molecule has 0 aromatic carbocycles. The van der Waals surface area contributed by atoms with Gasteiger partial charge in [-0.15, -0.1) is 0 Å². The minimum atomic E-state index is -0.653. The summed E-state index contributed by atoms with van der Waals surface area (Å²) < 4.78 is 10.1. The van der Waals surface area contributed by atoms with Crippen LogP contribution in [0.15, 0.2) is 0 Å². The maximum absolute atomic E-state index is 12.0. The van der Waals surface area contributed by atoms with Gasteiger partial charge in [0.05, 0.1) is 6.61 Å². The summed E-state index contributed by atoms with van der Waals surface area (Å²) in [6.45, 7) is 11.8. The van der Waals surface area contributed by atoms with Crippen LogP contribution < -0.4 is 5.32 Å². The van der Waals surface area contributed by atoms with Crippen molar-refractivity contribution in [1.29, 1.82) is 0 Å². The maximum Gasteiger partial charge on any atom is 0.407 e. The molecule has 1 amide bonds. The Labute approximate surface area is 116 Å². The van der Waals surface area contributed by atoms with Crippen molar-refractivity contribution in [3.63, 3.8) is 0 Å². The second-order valence-electron chi connectivity index (χ2n) is 5.43. The topological polar surface area (TPSA) is 64.6 Å². The van der Waals surface area contributed by atoms with Crippen LogP contribution in [0.25, 0.3) is 0 Å². The smallest absolute Gasteiger partial charge is 0.407 e. The van der Waals surface area contributed by atoms with Gasteiger partial charge in [-0.25, -0.2) is 9.59 Å². The molecule has 19 heavy (non-hydrogen) atoms. The van der Waals surface area contributed by atoms with Gasteiger partial charge in [0.15, 0.2) is 0 Å². The summed E-state index contributed by atoms with van der Waals surface area (Å²) in [4.78, 5) is 23.5. The molecule has 0 aliphatic rings. The predicted octanol–water partition coefficient (Wildman–Crippen LogP) is 2.73. The van der Waals surface area contributed by atoms with Crippen LogP contribution >= 0.6 is 0 Å². The molecule has 0 rings (SSSR count). The lowest BCUT2D eigenvalue weighted by molar-refractivity contribution is -0.153. The number of rotatable bonds is 7. The summed E-state index contributed by atoms with van der Waals surface area (Å²) in [5.74, 6) is 0.114. The maximum atomic E-state index is 12.0. The van der Waals surface area contributed by atoms with Crippen molar-refractivity contribution in [2.45, 2.75) is 60.1 Å². The number of hydrogen-bond donors (Lipinski definition) is 1. The normalized spacial score (nSPS) is 14.1. The van der Waals surface area contributed by atoms with Crippen molar-refractivity contribution >= 4 is 12.1 Å². The monoisotopic (exact) mass is 273 g/mol. The average Bonchev–Trinajstić information content (AvgIpc) is 2.27. The second kappa shape index (κ2) is 8.77. The molecule has 112 valence electrons. The largest absolute Gasteiger partial charge is 0.461 e. The van der Waals surface area contributed by atoms with Gasteiger partial charge in [-0.05, 0) is 32.1 Å². The third kappa shape index (κ3) is 7.70. The number of nitrogens with one attached hydrogen (secondary N) is 1. The Balaban J connectivity index is 4.55. The van der Waals surface area contributed by atoms with Gasteiger partial charge < -0.3 is 14.8 Å². The van der Waals surface area contributed by atoms with Crippen molar-refractivity contribution in [3.8, 4) is 0 Å². The lowest BCUT2D eigenvalue weighted by atomic mass is 10.0. The van der Waals surface area contributed by atoms with Crippen LogP contribution in [0.5, 0.6) is 0 Å². The van der Waals surface area contributed by atoms with Gasteiger partial charge >= 0.3 is 12.1 Å². The molecule has 5 nitrogen and oxygen atoms in total. The minimum Gasteiger partial charge on any atom is -0.461 e. The lowest BCUT2D eigenvalue weighted by Gasteiger charge is -2.23. The molecule has 5 heteroatoms. The molecule has 0 heterocycles. The van der Waals surface area contributed by atoms with Gasteiger partial charge in [0, 0.05) is 0 Å². The van der Waals surface area contributed by atoms with Gasteiger partial charge in [0.1, 0.15) is 12.1 Å². The quantitative estimate of drug-likeness (QED) is 0.724. The standard InChI is InChI=1S/C14H27NO4/c1-7-18-14(17)15-12(8-9(2)3)13(16)19-11(6)10(4)5/h9-12H,7-8H2,1-6H3,(H,15,17)/t11-,12?/m0/s1. The Morgan fingerprint density at radius 1 is 1.11 bits per heavy atom. The Kier molecular flexibility index (Phi) is 8.19. The van der Waals surface area contributed by atoms with Crippen LogP contribution in [-0.4, -0.2) is 30.8 Å². The lowest BCUT2D eigenvalue weighted by Crippen LogP contribution is -2.44. The van der Waals surface area contributed by atoms with Gasteiger partial charge in [0.25, 0.3) is 0 Å². The van der Waals surface area contributed by atoms with Crippen LogP contribution in [0.4, 0.5) is 4.79 Å². The number of ether oxygens (including phenoxy) is 2. The zero-order valence-corrected chi connectivity index (χ0v) is 12.9. The van der Waals surface area contributed by atoms with E-state index >= 15 is 0 Å². The summed E-state index contributed by atoms with van der Waals surface area (Å²) in [6.07, 6.45) is -0.226. The third-order valence-corrected chi connectivity index (χ3v) is 2.80. The molecule has 1 N–H and O–H groups in total. The zero-order valence-electron chi connectivity index (χ0n) is 12.9. The molecule has 0 saturated heterocycles. The van der Waals surface area contributed by atoms with E-state index in [0.29, 0.717) is 6.42 Å². The first kappa shape index (κ1) is 17.7. The van der Waals surface area contributed by atoms with Gasteiger partial charge in [-0.1, -0.05) is 27.7 Å². The Morgan fingerprint density at radius 3 is 2.11 bits per heavy atom. The summed E-state index contributed by atoms with van der Waals surface area (Å²) in [7, 11) is 0. The van der Waals surface area contributed by atoms with Gasteiger partial charge in [-0.2, -0.15) is 0 Å². The number of alkyl carbamates (subject to hydrolysis) is 1.